The Morgan fingerprint density at radius 1 is 0.567 bits per heavy atom. The van der Waals surface area contributed by atoms with Gasteiger partial charge in [0.25, 0.3) is 0 Å². The van der Waals surface area contributed by atoms with Crippen molar-refractivity contribution in [2.75, 3.05) is 0 Å². The second kappa shape index (κ2) is 6.26. The largest absolute Gasteiger partial charge is 0.508 e. The lowest BCUT2D eigenvalue weighted by atomic mass is 10.00. The smallest absolute Gasteiger partial charge is 0.119 e. The molecule has 144 valence electrons. The summed E-state index contributed by atoms with van der Waals surface area (Å²) in [6.07, 6.45) is 0. The molecule has 6 aromatic rings. The fourth-order valence-corrected chi connectivity index (χ4v) is 4.73. The van der Waals surface area contributed by atoms with Crippen molar-refractivity contribution in [1.29, 1.82) is 0 Å². The van der Waals surface area contributed by atoms with Gasteiger partial charge in [0.05, 0.1) is 11.0 Å². The second-order valence-electron chi connectivity index (χ2n) is 7.81. The van der Waals surface area contributed by atoms with Crippen LogP contribution in [0.5, 0.6) is 11.5 Å². The van der Waals surface area contributed by atoms with Crippen molar-refractivity contribution in [2.24, 2.45) is 0 Å². The third-order valence-electron chi connectivity index (χ3n) is 5.95. The molecule has 1 heterocycles. The van der Waals surface area contributed by atoms with Crippen molar-refractivity contribution in [2.45, 2.75) is 6.54 Å². The van der Waals surface area contributed by atoms with E-state index in [-0.39, 0.29) is 11.5 Å². The summed E-state index contributed by atoms with van der Waals surface area (Å²) in [6, 6.07) is 30.4. The number of rotatable bonds is 2. The fraction of sp³-hybridized carbons (Fsp3) is 0.0370. The van der Waals surface area contributed by atoms with Gasteiger partial charge in [0.15, 0.2) is 0 Å². The van der Waals surface area contributed by atoms with E-state index in [0.29, 0.717) is 6.54 Å². The summed E-state index contributed by atoms with van der Waals surface area (Å²) in [5.74, 6) is 0.142. The molecule has 30 heavy (non-hydrogen) atoms. The Balaban J connectivity index is 1.78. The van der Waals surface area contributed by atoms with Gasteiger partial charge in [-0.1, -0.05) is 60.7 Å². The van der Waals surface area contributed by atoms with Gasteiger partial charge in [0.2, 0.25) is 0 Å². The van der Waals surface area contributed by atoms with E-state index in [2.05, 4.69) is 77.4 Å². The monoisotopic (exact) mass is 389 g/mol. The van der Waals surface area contributed by atoms with Gasteiger partial charge in [-0.2, -0.15) is 0 Å². The maximum Gasteiger partial charge on any atom is 0.119 e. The lowest BCUT2D eigenvalue weighted by Crippen LogP contribution is -1.99. The van der Waals surface area contributed by atoms with E-state index in [1.54, 1.807) is 12.1 Å². The average molecular weight is 389 g/mol. The summed E-state index contributed by atoms with van der Waals surface area (Å²) in [5.41, 5.74) is 3.14. The summed E-state index contributed by atoms with van der Waals surface area (Å²) in [4.78, 5) is 0. The van der Waals surface area contributed by atoms with E-state index in [9.17, 15) is 10.2 Å². The number of phenolic OH excluding ortho intramolecular Hbond substituents is 2. The number of aromatic nitrogens is 1. The van der Waals surface area contributed by atoms with Crippen LogP contribution in [0.25, 0.3) is 43.4 Å². The molecule has 0 aliphatic carbocycles. The molecule has 0 saturated carbocycles. The van der Waals surface area contributed by atoms with Crippen LogP contribution in [0.3, 0.4) is 0 Å². The number of hydrogen-bond donors (Lipinski definition) is 2. The Morgan fingerprint density at radius 2 is 1.07 bits per heavy atom. The van der Waals surface area contributed by atoms with Crippen LogP contribution in [-0.2, 0) is 6.54 Å². The molecule has 5 aromatic carbocycles. The van der Waals surface area contributed by atoms with E-state index in [0.717, 1.165) is 16.6 Å². The molecule has 0 atom stereocenters. The first-order valence-corrected chi connectivity index (χ1v) is 10.0. The number of aromatic hydroxyl groups is 2. The van der Waals surface area contributed by atoms with E-state index < -0.39 is 0 Å². The maximum absolute atomic E-state index is 9.96. The molecule has 1 aromatic heterocycles. The molecule has 0 unspecified atom stereocenters. The molecular weight excluding hydrogens is 370 g/mol. The number of nitrogens with zero attached hydrogens (tertiary/aromatic N) is 1. The highest BCUT2D eigenvalue weighted by atomic mass is 16.3. The summed E-state index contributed by atoms with van der Waals surface area (Å²) >= 11 is 0. The van der Waals surface area contributed by atoms with Gasteiger partial charge in [0, 0.05) is 23.4 Å². The molecule has 2 N–H and O–H groups in total. The summed E-state index contributed by atoms with van der Waals surface area (Å²) in [5, 5.41) is 27.3. The summed E-state index contributed by atoms with van der Waals surface area (Å²) < 4.78 is 2.28. The van der Waals surface area contributed by atoms with Crippen molar-refractivity contribution in [3.63, 3.8) is 0 Å². The van der Waals surface area contributed by atoms with Crippen LogP contribution in [0.2, 0.25) is 0 Å². The normalized spacial score (nSPS) is 11.7. The van der Waals surface area contributed by atoms with E-state index in [1.807, 2.05) is 0 Å². The van der Waals surface area contributed by atoms with Crippen LogP contribution in [0.1, 0.15) is 5.56 Å². The van der Waals surface area contributed by atoms with Crippen molar-refractivity contribution >= 4 is 43.4 Å². The zero-order valence-corrected chi connectivity index (χ0v) is 16.2. The lowest BCUT2D eigenvalue weighted by Gasteiger charge is -2.09. The van der Waals surface area contributed by atoms with Gasteiger partial charge >= 0.3 is 0 Å². The van der Waals surface area contributed by atoms with Crippen molar-refractivity contribution in [1.82, 2.24) is 4.57 Å². The zero-order chi connectivity index (χ0) is 20.2. The topological polar surface area (TPSA) is 45.4 Å². The minimum Gasteiger partial charge on any atom is -0.508 e. The molecule has 0 spiro atoms. The highest BCUT2D eigenvalue weighted by molar-refractivity contribution is 6.28. The fourth-order valence-electron chi connectivity index (χ4n) is 4.73. The highest BCUT2D eigenvalue weighted by Crippen LogP contribution is 2.39. The maximum atomic E-state index is 9.96. The summed E-state index contributed by atoms with van der Waals surface area (Å²) in [7, 11) is 0. The Hall–Kier alpha value is -3.98. The van der Waals surface area contributed by atoms with Crippen LogP contribution in [0.15, 0.2) is 91.0 Å². The molecule has 0 fully saturated rings. The standard InChI is InChI=1S/C27H19NO2/c29-20-13-17(14-21(30)15-20)16-28-24-11-9-18-5-1-3-7-22(18)26(24)27-23-8-4-2-6-19(23)10-12-25(27)28/h1-15,29-30H,16H2. The molecule has 0 bridgehead atoms. The van der Waals surface area contributed by atoms with Crippen LogP contribution in [-0.4, -0.2) is 14.8 Å². The molecule has 6 rings (SSSR count). The Kier molecular flexibility index (Phi) is 3.53. The summed E-state index contributed by atoms with van der Waals surface area (Å²) in [6.45, 7) is 0.554. The minimum atomic E-state index is 0.0710. The molecule has 0 aliphatic heterocycles. The lowest BCUT2D eigenvalue weighted by molar-refractivity contribution is 0.449. The third-order valence-corrected chi connectivity index (χ3v) is 5.95. The van der Waals surface area contributed by atoms with Gasteiger partial charge in [-0.25, -0.2) is 0 Å². The van der Waals surface area contributed by atoms with Crippen LogP contribution in [0.4, 0.5) is 0 Å². The molecule has 3 heteroatoms. The van der Waals surface area contributed by atoms with E-state index in [4.69, 9.17) is 0 Å². The first kappa shape index (κ1) is 16.9. The van der Waals surface area contributed by atoms with Crippen molar-refractivity contribution in [3.8, 4) is 11.5 Å². The van der Waals surface area contributed by atoms with Crippen LogP contribution in [0, 0.1) is 0 Å². The highest BCUT2D eigenvalue weighted by Gasteiger charge is 2.16. The van der Waals surface area contributed by atoms with Gasteiger partial charge in [-0.05, 0) is 51.4 Å². The number of hydrogen-bond acceptors (Lipinski definition) is 2. The van der Waals surface area contributed by atoms with Crippen molar-refractivity contribution < 1.29 is 10.2 Å². The Bertz CT molecular complexity index is 1480. The molecule has 0 saturated heterocycles. The average Bonchev–Trinajstić information content (AvgIpc) is 3.07. The van der Waals surface area contributed by atoms with Gasteiger partial charge in [-0.15, -0.1) is 0 Å². The molecular formula is C27H19NO2. The predicted molar refractivity (Wildman–Crippen MR) is 123 cm³/mol. The van der Waals surface area contributed by atoms with Gasteiger partial charge in [-0.3, -0.25) is 0 Å². The Morgan fingerprint density at radius 3 is 1.60 bits per heavy atom. The SMILES string of the molecule is Oc1cc(O)cc(Cn2c3ccc4ccccc4c3c3c4ccccc4ccc32)c1. The third kappa shape index (κ3) is 2.45. The first-order valence-electron chi connectivity index (χ1n) is 10.0. The Labute approximate surface area is 173 Å². The number of benzene rings is 5. The minimum absolute atomic E-state index is 0.0710. The molecule has 3 nitrogen and oxygen atoms in total. The molecule has 0 aliphatic rings. The second-order valence-corrected chi connectivity index (χ2v) is 7.81. The number of phenols is 2. The first-order chi connectivity index (χ1) is 14.7. The number of fused-ring (bicyclic) bond motifs is 7. The van der Waals surface area contributed by atoms with Gasteiger partial charge < -0.3 is 14.8 Å². The predicted octanol–water partition coefficient (Wildman–Crippen LogP) is 6.56. The van der Waals surface area contributed by atoms with Crippen molar-refractivity contribution in [3.05, 3.63) is 96.6 Å². The van der Waals surface area contributed by atoms with Crippen LogP contribution < -0.4 is 0 Å². The zero-order valence-electron chi connectivity index (χ0n) is 16.2. The van der Waals surface area contributed by atoms with Gasteiger partial charge in [0.1, 0.15) is 11.5 Å². The van der Waals surface area contributed by atoms with E-state index in [1.165, 1.54) is 38.4 Å². The van der Waals surface area contributed by atoms with E-state index >= 15 is 0 Å². The van der Waals surface area contributed by atoms with Crippen LogP contribution >= 0.6 is 0 Å². The molecule has 0 radical (unpaired) electrons. The quantitative estimate of drug-likeness (QED) is 0.352. The molecule has 0 amide bonds.